The first-order valence-electron chi connectivity index (χ1n) is 7.48. The first-order valence-corrected chi connectivity index (χ1v) is 7.86. The molecule has 4 rings (SSSR count). The Morgan fingerprint density at radius 1 is 1.29 bits per heavy atom. The van der Waals surface area contributed by atoms with Gasteiger partial charge >= 0.3 is 0 Å². The van der Waals surface area contributed by atoms with Gasteiger partial charge in [-0.25, -0.2) is 0 Å². The fourth-order valence-corrected chi connectivity index (χ4v) is 3.86. The van der Waals surface area contributed by atoms with Gasteiger partial charge in [0.25, 0.3) is 5.91 Å². The molecule has 21 heavy (non-hydrogen) atoms. The molecule has 110 valence electrons. The minimum absolute atomic E-state index is 0.00854. The Labute approximate surface area is 128 Å². The zero-order valence-electron chi connectivity index (χ0n) is 11.8. The Bertz CT molecular complexity index is 684. The standard InChI is InChI=1S/C16H18ClN3O/c17-13-6-15-2-1-12(8-20(15)9-13)16(21)18-14-5-11-3-4-19(7-11)10-14/h1-2,6,8-9,11,14H,3-5,7,10H2,(H,18,21)/t11-,14-/m1/s1. The molecule has 0 aromatic carbocycles. The van der Waals surface area contributed by atoms with E-state index in [1.165, 1.54) is 19.5 Å². The SMILES string of the molecule is O=C(N[C@@H]1C[C@H]2CCN(C2)C1)c1ccc2cc(Cl)cn2c1. The third-order valence-electron chi connectivity index (χ3n) is 4.62. The maximum Gasteiger partial charge on any atom is 0.253 e. The molecule has 0 saturated carbocycles. The maximum absolute atomic E-state index is 12.4. The van der Waals surface area contributed by atoms with E-state index in [4.69, 9.17) is 11.6 Å². The molecule has 4 nitrogen and oxygen atoms in total. The van der Waals surface area contributed by atoms with Crippen LogP contribution in [0, 0.1) is 5.92 Å². The Hall–Kier alpha value is -1.52. The van der Waals surface area contributed by atoms with Crippen LogP contribution in [-0.4, -0.2) is 40.9 Å². The first-order chi connectivity index (χ1) is 10.2. The molecule has 0 spiro atoms. The summed E-state index contributed by atoms with van der Waals surface area (Å²) in [5, 5.41) is 3.87. The molecule has 2 aromatic heterocycles. The molecule has 3 atom stereocenters. The zero-order chi connectivity index (χ0) is 14.4. The van der Waals surface area contributed by atoms with Crippen molar-refractivity contribution in [3.05, 3.63) is 41.2 Å². The highest BCUT2D eigenvalue weighted by Crippen LogP contribution is 2.26. The Kier molecular flexibility index (Phi) is 3.16. The number of carbonyl (C=O) groups is 1. The van der Waals surface area contributed by atoms with Crippen LogP contribution in [0.2, 0.25) is 5.02 Å². The van der Waals surface area contributed by atoms with Crippen molar-refractivity contribution in [1.82, 2.24) is 14.6 Å². The predicted octanol–water partition coefficient (Wildman–Crippen LogP) is 2.42. The Morgan fingerprint density at radius 2 is 2.19 bits per heavy atom. The molecule has 1 unspecified atom stereocenters. The average Bonchev–Trinajstić information content (AvgIpc) is 2.99. The molecule has 2 aliphatic heterocycles. The number of carbonyl (C=O) groups excluding carboxylic acids is 1. The van der Waals surface area contributed by atoms with E-state index < -0.39 is 0 Å². The first kappa shape index (κ1) is 13.2. The van der Waals surface area contributed by atoms with Gasteiger partial charge in [0, 0.05) is 37.0 Å². The molecule has 1 amide bonds. The van der Waals surface area contributed by atoms with E-state index in [0.29, 0.717) is 10.6 Å². The number of rotatable bonds is 2. The molecular weight excluding hydrogens is 286 g/mol. The van der Waals surface area contributed by atoms with Gasteiger partial charge < -0.3 is 14.6 Å². The van der Waals surface area contributed by atoms with Crippen molar-refractivity contribution >= 4 is 23.0 Å². The van der Waals surface area contributed by atoms with Gasteiger partial charge in [-0.3, -0.25) is 4.79 Å². The summed E-state index contributed by atoms with van der Waals surface area (Å²) in [4.78, 5) is 14.9. The lowest BCUT2D eigenvalue weighted by molar-refractivity contribution is 0.0909. The smallest absolute Gasteiger partial charge is 0.253 e. The molecule has 2 fully saturated rings. The molecule has 1 N–H and O–H groups in total. The topological polar surface area (TPSA) is 36.8 Å². The van der Waals surface area contributed by atoms with Gasteiger partial charge in [-0.2, -0.15) is 0 Å². The zero-order valence-corrected chi connectivity index (χ0v) is 12.5. The number of piperidine rings is 1. The van der Waals surface area contributed by atoms with Crippen LogP contribution in [0.4, 0.5) is 0 Å². The summed E-state index contributed by atoms with van der Waals surface area (Å²) in [6.07, 6.45) is 6.05. The van der Waals surface area contributed by atoms with E-state index in [9.17, 15) is 4.79 Å². The van der Waals surface area contributed by atoms with Crippen LogP contribution in [-0.2, 0) is 0 Å². The van der Waals surface area contributed by atoms with Crippen LogP contribution >= 0.6 is 11.6 Å². The number of amides is 1. The van der Waals surface area contributed by atoms with Crippen molar-refractivity contribution in [2.24, 2.45) is 5.92 Å². The van der Waals surface area contributed by atoms with Crippen molar-refractivity contribution in [3.63, 3.8) is 0 Å². The molecular formula is C16H18ClN3O. The van der Waals surface area contributed by atoms with Crippen LogP contribution in [0.3, 0.4) is 0 Å². The molecule has 2 aliphatic rings. The summed E-state index contributed by atoms with van der Waals surface area (Å²) < 4.78 is 1.89. The highest BCUT2D eigenvalue weighted by Gasteiger charge is 2.32. The predicted molar refractivity (Wildman–Crippen MR) is 82.8 cm³/mol. The van der Waals surface area contributed by atoms with Crippen molar-refractivity contribution in [2.75, 3.05) is 19.6 Å². The summed E-state index contributed by atoms with van der Waals surface area (Å²) in [5.41, 5.74) is 1.68. The van der Waals surface area contributed by atoms with Gasteiger partial charge in [0.05, 0.1) is 10.6 Å². The average molecular weight is 304 g/mol. The highest BCUT2D eigenvalue weighted by atomic mass is 35.5. The van der Waals surface area contributed by atoms with Crippen LogP contribution in [0.25, 0.3) is 5.52 Å². The number of hydrogen-bond acceptors (Lipinski definition) is 2. The van der Waals surface area contributed by atoms with Crippen molar-refractivity contribution in [3.8, 4) is 0 Å². The van der Waals surface area contributed by atoms with Gasteiger partial charge in [0.1, 0.15) is 0 Å². The van der Waals surface area contributed by atoms with Gasteiger partial charge in [-0.1, -0.05) is 11.6 Å². The fraction of sp³-hybridized carbons (Fsp3) is 0.438. The second-order valence-corrected chi connectivity index (χ2v) is 6.67. The van der Waals surface area contributed by atoms with Crippen molar-refractivity contribution in [2.45, 2.75) is 18.9 Å². The van der Waals surface area contributed by atoms with Crippen LogP contribution < -0.4 is 5.32 Å². The van der Waals surface area contributed by atoms with Crippen molar-refractivity contribution < 1.29 is 4.79 Å². The molecule has 5 heteroatoms. The number of hydrogen-bond donors (Lipinski definition) is 1. The molecule has 0 radical (unpaired) electrons. The number of halogens is 1. The van der Waals surface area contributed by atoms with Gasteiger partial charge in [0.15, 0.2) is 0 Å². The van der Waals surface area contributed by atoms with Crippen LogP contribution in [0.5, 0.6) is 0 Å². The van der Waals surface area contributed by atoms with E-state index in [-0.39, 0.29) is 11.9 Å². The van der Waals surface area contributed by atoms with E-state index in [0.717, 1.165) is 24.4 Å². The van der Waals surface area contributed by atoms with E-state index in [2.05, 4.69) is 10.2 Å². The molecule has 2 saturated heterocycles. The van der Waals surface area contributed by atoms with E-state index in [1.807, 2.05) is 35.0 Å². The minimum Gasteiger partial charge on any atom is -0.348 e. The Morgan fingerprint density at radius 3 is 3.05 bits per heavy atom. The number of pyridine rings is 1. The van der Waals surface area contributed by atoms with E-state index in [1.54, 1.807) is 0 Å². The molecule has 2 aromatic rings. The van der Waals surface area contributed by atoms with Crippen LogP contribution in [0.15, 0.2) is 30.6 Å². The second kappa shape index (κ2) is 5.04. The van der Waals surface area contributed by atoms with E-state index >= 15 is 0 Å². The number of aromatic nitrogens is 1. The molecule has 2 bridgehead atoms. The van der Waals surface area contributed by atoms with Gasteiger partial charge in [-0.15, -0.1) is 0 Å². The largest absolute Gasteiger partial charge is 0.348 e. The normalized spacial score (nSPS) is 28.0. The number of nitrogens with zero attached hydrogens (tertiary/aromatic N) is 2. The number of nitrogens with one attached hydrogen (secondary N) is 1. The second-order valence-electron chi connectivity index (χ2n) is 6.23. The molecule has 4 heterocycles. The fourth-order valence-electron chi connectivity index (χ4n) is 3.64. The minimum atomic E-state index is 0.00854. The summed E-state index contributed by atoms with van der Waals surface area (Å²) in [5.74, 6) is 0.768. The lowest BCUT2D eigenvalue weighted by atomic mass is 9.96. The summed E-state index contributed by atoms with van der Waals surface area (Å²) in [6.45, 7) is 3.38. The van der Waals surface area contributed by atoms with Crippen LogP contribution in [0.1, 0.15) is 23.2 Å². The van der Waals surface area contributed by atoms with Gasteiger partial charge in [0.2, 0.25) is 0 Å². The lowest BCUT2D eigenvalue weighted by Crippen LogP contribution is -2.47. The quantitative estimate of drug-likeness (QED) is 0.925. The highest BCUT2D eigenvalue weighted by molar-refractivity contribution is 6.31. The molecule has 0 aliphatic carbocycles. The van der Waals surface area contributed by atoms with Crippen molar-refractivity contribution in [1.29, 1.82) is 0 Å². The third-order valence-corrected chi connectivity index (χ3v) is 4.83. The number of fused-ring (bicyclic) bond motifs is 3. The lowest BCUT2D eigenvalue weighted by Gasteiger charge is -2.30. The monoisotopic (exact) mass is 303 g/mol. The third kappa shape index (κ3) is 2.54. The Balaban J connectivity index is 1.50. The summed E-state index contributed by atoms with van der Waals surface area (Å²) in [7, 11) is 0. The van der Waals surface area contributed by atoms with Gasteiger partial charge in [-0.05, 0) is 43.5 Å². The maximum atomic E-state index is 12.4. The summed E-state index contributed by atoms with van der Waals surface area (Å²) >= 11 is 5.98. The summed E-state index contributed by atoms with van der Waals surface area (Å²) in [6, 6.07) is 5.95.